The predicted molar refractivity (Wildman–Crippen MR) is 72.5 cm³/mol. The molecule has 106 valence electrons. The van der Waals surface area contributed by atoms with Crippen LogP contribution in [0.25, 0.3) is 0 Å². The molecule has 3 rings (SSSR count). The van der Waals surface area contributed by atoms with E-state index in [-0.39, 0.29) is 17.7 Å². The van der Waals surface area contributed by atoms with Gasteiger partial charge in [-0.15, -0.1) is 0 Å². The molecule has 2 aliphatic heterocycles. The van der Waals surface area contributed by atoms with Gasteiger partial charge in [-0.05, 0) is 25.7 Å². The van der Waals surface area contributed by atoms with Crippen molar-refractivity contribution >= 4 is 11.8 Å². The summed E-state index contributed by atoms with van der Waals surface area (Å²) >= 11 is 0. The van der Waals surface area contributed by atoms with Crippen molar-refractivity contribution in [1.82, 2.24) is 9.80 Å². The second kappa shape index (κ2) is 5.51. The van der Waals surface area contributed by atoms with Crippen LogP contribution in [0, 0.1) is 5.92 Å². The Hall–Kier alpha value is -1.06. The minimum absolute atomic E-state index is 0.0625. The molecule has 2 heterocycles. The van der Waals surface area contributed by atoms with Crippen molar-refractivity contribution in [3.63, 3.8) is 0 Å². The maximum Gasteiger partial charge on any atom is 0.227 e. The molecular formula is C15H24N2O2. The summed E-state index contributed by atoms with van der Waals surface area (Å²) in [5.41, 5.74) is 0. The number of carbonyl (C=O) groups excluding carboxylic acids is 2. The topological polar surface area (TPSA) is 40.6 Å². The van der Waals surface area contributed by atoms with Crippen molar-refractivity contribution < 1.29 is 9.59 Å². The van der Waals surface area contributed by atoms with E-state index in [0.717, 1.165) is 38.8 Å². The van der Waals surface area contributed by atoms with Crippen LogP contribution in [0.4, 0.5) is 0 Å². The Kier molecular flexibility index (Phi) is 3.76. The van der Waals surface area contributed by atoms with Gasteiger partial charge in [0, 0.05) is 32.1 Å². The van der Waals surface area contributed by atoms with Crippen LogP contribution in [0.15, 0.2) is 0 Å². The van der Waals surface area contributed by atoms with Crippen LogP contribution >= 0.6 is 0 Å². The maximum atomic E-state index is 12.4. The van der Waals surface area contributed by atoms with Crippen molar-refractivity contribution in [1.29, 1.82) is 0 Å². The van der Waals surface area contributed by atoms with Crippen LogP contribution < -0.4 is 0 Å². The lowest BCUT2D eigenvalue weighted by molar-refractivity contribution is -0.134. The number of amides is 2. The molecule has 3 fully saturated rings. The smallest absolute Gasteiger partial charge is 0.227 e. The average molecular weight is 264 g/mol. The van der Waals surface area contributed by atoms with Crippen molar-refractivity contribution in [3.05, 3.63) is 0 Å². The third-order valence-electron chi connectivity index (χ3n) is 4.94. The quantitative estimate of drug-likeness (QED) is 0.763. The zero-order valence-electron chi connectivity index (χ0n) is 11.6. The fourth-order valence-electron chi connectivity index (χ4n) is 3.84. The van der Waals surface area contributed by atoms with Gasteiger partial charge in [-0.3, -0.25) is 9.59 Å². The van der Waals surface area contributed by atoms with E-state index < -0.39 is 0 Å². The number of hydrogen-bond donors (Lipinski definition) is 0. The van der Waals surface area contributed by atoms with Gasteiger partial charge in [-0.2, -0.15) is 0 Å². The van der Waals surface area contributed by atoms with Crippen LogP contribution in [0.3, 0.4) is 0 Å². The van der Waals surface area contributed by atoms with Crippen LogP contribution in [0.5, 0.6) is 0 Å². The zero-order chi connectivity index (χ0) is 13.2. The normalized spacial score (nSPS) is 29.3. The Morgan fingerprint density at radius 2 is 1.68 bits per heavy atom. The molecule has 2 saturated heterocycles. The molecule has 4 heteroatoms. The maximum absolute atomic E-state index is 12.4. The van der Waals surface area contributed by atoms with Crippen molar-refractivity contribution in [3.8, 4) is 0 Å². The van der Waals surface area contributed by atoms with E-state index in [9.17, 15) is 9.59 Å². The number of carbonyl (C=O) groups is 2. The highest BCUT2D eigenvalue weighted by Gasteiger charge is 2.39. The van der Waals surface area contributed by atoms with E-state index in [0.29, 0.717) is 19.0 Å². The fourth-order valence-corrected chi connectivity index (χ4v) is 3.84. The minimum atomic E-state index is -0.0625. The van der Waals surface area contributed by atoms with Crippen molar-refractivity contribution in [2.75, 3.05) is 19.6 Å². The fraction of sp³-hybridized carbons (Fsp3) is 0.867. The van der Waals surface area contributed by atoms with Gasteiger partial charge < -0.3 is 9.80 Å². The first-order valence-corrected chi connectivity index (χ1v) is 7.84. The summed E-state index contributed by atoms with van der Waals surface area (Å²) in [5.74, 6) is 0.376. The standard InChI is InChI=1S/C15H24N2O2/c18-14-10-12(15(19)16-8-4-5-9-16)11-17(14)13-6-2-1-3-7-13/h12-13H,1-11H2/t12-/m1/s1. The van der Waals surface area contributed by atoms with E-state index in [4.69, 9.17) is 0 Å². The lowest BCUT2D eigenvalue weighted by atomic mass is 9.94. The molecule has 1 aliphatic carbocycles. The molecule has 0 spiro atoms. The van der Waals surface area contributed by atoms with Crippen LogP contribution in [-0.2, 0) is 9.59 Å². The van der Waals surface area contributed by atoms with Gasteiger partial charge in [0.15, 0.2) is 0 Å². The Morgan fingerprint density at radius 1 is 1.00 bits per heavy atom. The summed E-state index contributed by atoms with van der Waals surface area (Å²) in [7, 11) is 0. The van der Waals surface area contributed by atoms with Crippen molar-refractivity contribution in [2.24, 2.45) is 5.92 Å². The molecule has 2 amide bonds. The molecule has 0 aromatic heterocycles. The Labute approximate surface area is 115 Å². The lowest BCUT2D eigenvalue weighted by Crippen LogP contribution is -2.39. The highest BCUT2D eigenvalue weighted by Crippen LogP contribution is 2.29. The molecule has 19 heavy (non-hydrogen) atoms. The number of rotatable bonds is 2. The summed E-state index contributed by atoms with van der Waals surface area (Å²) < 4.78 is 0. The number of likely N-dealkylation sites (tertiary alicyclic amines) is 2. The van der Waals surface area contributed by atoms with Gasteiger partial charge in [0.1, 0.15) is 0 Å². The van der Waals surface area contributed by atoms with E-state index in [2.05, 4.69) is 0 Å². The molecule has 0 N–H and O–H groups in total. The van der Waals surface area contributed by atoms with Gasteiger partial charge in [-0.1, -0.05) is 19.3 Å². The third-order valence-corrected chi connectivity index (χ3v) is 4.94. The van der Waals surface area contributed by atoms with E-state index in [1.165, 1.54) is 19.3 Å². The van der Waals surface area contributed by atoms with E-state index in [1.807, 2.05) is 9.80 Å². The van der Waals surface area contributed by atoms with Gasteiger partial charge in [-0.25, -0.2) is 0 Å². The van der Waals surface area contributed by atoms with E-state index in [1.54, 1.807) is 0 Å². The lowest BCUT2D eigenvalue weighted by Gasteiger charge is -2.31. The van der Waals surface area contributed by atoms with E-state index >= 15 is 0 Å². The summed E-state index contributed by atoms with van der Waals surface area (Å²) in [6.45, 7) is 2.47. The summed E-state index contributed by atoms with van der Waals surface area (Å²) in [6.07, 6.45) is 8.74. The first kappa shape index (κ1) is 12.9. The first-order chi connectivity index (χ1) is 9.25. The van der Waals surface area contributed by atoms with Gasteiger partial charge in [0.2, 0.25) is 11.8 Å². The second-order valence-electron chi connectivity index (χ2n) is 6.27. The molecular weight excluding hydrogens is 240 g/mol. The van der Waals surface area contributed by atoms with Crippen LogP contribution in [0.1, 0.15) is 51.4 Å². The molecule has 3 aliphatic rings. The Morgan fingerprint density at radius 3 is 2.37 bits per heavy atom. The second-order valence-corrected chi connectivity index (χ2v) is 6.27. The monoisotopic (exact) mass is 264 g/mol. The summed E-state index contributed by atoms with van der Waals surface area (Å²) in [6, 6.07) is 0.414. The third kappa shape index (κ3) is 2.63. The largest absolute Gasteiger partial charge is 0.342 e. The minimum Gasteiger partial charge on any atom is -0.342 e. The SMILES string of the molecule is O=C([C@@H]1CC(=O)N(C2CCCCC2)C1)N1CCCC1. The van der Waals surface area contributed by atoms with Gasteiger partial charge >= 0.3 is 0 Å². The molecule has 0 radical (unpaired) electrons. The summed E-state index contributed by atoms with van der Waals surface area (Å²) in [5, 5.41) is 0. The van der Waals surface area contributed by atoms with Crippen LogP contribution in [-0.4, -0.2) is 47.3 Å². The Balaban J connectivity index is 1.60. The predicted octanol–water partition coefficient (Wildman–Crippen LogP) is 1.79. The molecule has 0 bridgehead atoms. The average Bonchev–Trinajstić information content (AvgIpc) is 3.08. The molecule has 4 nitrogen and oxygen atoms in total. The molecule has 0 unspecified atom stereocenters. The first-order valence-electron chi connectivity index (χ1n) is 7.84. The number of nitrogens with zero attached hydrogens (tertiary/aromatic N) is 2. The van der Waals surface area contributed by atoms with Crippen molar-refractivity contribution in [2.45, 2.75) is 57.4 Å². The molecule has 0 aromatic carbocycles. The highest BCUT2D eigenvalue weighted by molar-refractivity contribution is 5.89. The molecule has 1 atom stereocenters. The molecule has 0 aromatic rings. The number of hydrogen-bond acceptors (Lipinski definition) is 2. The Bertz CT molecular complexity index is 357. The zero-order valence-corrected chi connectivity index (χ0v) is 11.6. The molecule has 1 saturated carbocycles. The van der Waals surface area contributed by atoms with Gasteiger partial charge in [0.05, 0.1) is 5.92 Å². The summed E-state index contributed by atoms with van der Waals surface area (Å²) in [4.78, 5) is 28.5. The highest BCUT2D eigenvalue weighted by atomic mass is 16.2. The van der Waals surface area contributed by atoms with Gasteiger partial charge in [0.25, 0.3) is 0 Å². The van der Waals surface area contributed by atoms with Crippen LogP contribution in [0.2, 0.25) is 0 Å².